The van der Waals surface area contributed by atoms with Crippen LogP contribution in [0.4, 0.5) is 5.69 Å². The van der Waals surface area contributed by atoms with E-state index in [2.05, 4.69) is 15.5 Å². The molecule has 1 aromatic heterocycles. The van der Waals surface area contributed by atoms with Crippen molar-refractivity contribution in [2.24, 2.45) is 0 Å². The molecular formula is C9H14Cl2N4. The highest BCUT2D eigenvalue weighted by Crippen LogP contribution is 2.24. The van der Waals surface area contributed by atoms with Crippen LogP contribution in [0.15, 0.2) is 6.07 Å². The predicted octanol–water partition coefficient (Wildman–Crippen LogP) is 1.83. The summed E-state index contributed by atoms with van der Waals surface area (Å²) in [6, 6.07) is 1.72. The minimum atomic E-state index is 0.356. The molecule has 0 bridgehead atoms. The number of hydrogen-bond donors (Lipinski definition) is 1. The zero-order chi connectivity index (χ0) is 11.3. The fourth-order valence-electron chi connectivity index (χ4n) is 1.23. The van der Waals surface area contributed by atoms with Crippen LogP contribution >= 0.6 is 23.2 Å². The van der Waals surface area contributed by atoms with Gasteiger partial charge in [-0.25, -0.2) is 0 Å². The molecule has 0 radical (unpaired) electrons. The highest BCUT2D eigenvalue weighted by molar-refractivity contribution is 6.33. The smallest absolute Gasteiger partial charge is 0.175 e. The van der Waals surface area contributed by atoms with Crippen LogP contribution in [0, 0.1) is 0 Å². The number of aromatic nitrogens is 2. The minimum Gasteiger partial charge on any atom is -0.372 e. The fourth-order valence-corrected chi connectivity index (χ4v) is 1.60. The van der Waals surface area contributed by atoms with Crippen LogP contribution in [0.2, 0.25) is 10.3 Å². The number of hydrogen-bond acceptors (Lipinski definition) is 4. The van der Waals surface area contributed by atoms with Gasteiger partial charge in [0.25, 0.3) is 0 Å². The zero-order valence-electron chi connectivity index (χ0n) is 8.80. The van der Waals surface area contributed by atoms with E-state index in [1.165, 1.54) is 0 Å². The van der Waals surface area contributed by atoms with Crippen molar-refractivity contribution in [3.63, 3.8) is 0 Å². The van der Waals surface area contributed by atoms with Gasteiger partial charge in [-0.05, 0) is 20.0 Å². The molecule has 15 heavy (non-hydrogen) atoms. The Balaban J connectivity index is 2.64. The molecule has 4 nitrogen and oxygen atoms in total. The molecule has 0 atom stereocenters. The molecular weight excluding hydrogens is 235 g/mol. The fraction of sp³-hybridized carbons (Fsp3) is 0.556. The molecule has 0 saturated carbocycles. The highest BCUT2D eigenvalue weighted by atomic mass is 35.5. The van der Waals surface area contributed by atoms with E-state index in [1.807, 2.05) is 19.0 Å². The maximum absolute atomic E-state index is 5.91. The van der Waals surface area contributed by atoms with Crippen molar-refractivity contribution >= 4 is 28.9 Å². The van der Waals surface area contributed by atoms with Crippen LogP contribution in [0.1, 0.15) is 6.42 Å². The van der Waals surface area contributed by atoms with Gasteiger partial charge < -0.3 is 10.2 Å². The second-order valence-corrected chi connectivity index (χ2v) is 3.97. The van der Waals surface area contributed by atoms with Crippen LogP contribution in [-0.2, 0) is 0 Å². The van der Waals surface area contributed by atoms with E-state index in [-0.39, 0.29) is 0 Å². The first-order chi connectivity index (χ1) is 7.15. The lowest BCUT2D eigenvalue weighted by molar-refractivity contribution is 0.712. The van der Waals surface area contributed by atoms with Crippen molar-refractivity contribution < 1.29 is 0 Å². The van der Waals surface area contributed by atoms with E-state index < -0.39 is 0 Å². The topological polar surface area (TPSA) is 41.0 Å². The first-order valence-electron chi connectivity index (χ1n) is 4.69. The molecule has 0 aliphatic heterocycles. The Morgan fingerprint density at radius 3 is 2.80 bits per heavy atom. The first-order valence-corrected chi connectivity index (χ1v) is 5.45. The quantitative estimate of drug-likeness (QED) is 0.808. The van der Waals surface area contributed by atoms with Gasteiger partial charge in [0.2, 0.25) is 0 Å². The average Bonchev–Trinajstić information content (AvgIpc) is 2.22. The Kier molecular flexibility index (Phi) is 5.08. The highest BCUT2D eigenvalue weighted by Gasteiger charge is 2.08. The van der Waals surface area contributed by atoms with Crippen molar-refractivity contribution in [2.45, 2.75) is 6.42 Å². The molecule has 0 aliphatic carbocycles. The Labute approximate surface area is 99.6 Å². The second-order valence-electron chi connectivity index (χ2n) is 3.22. The zero-order valence-corrected chi connectivity index (χ0v) is 10.3. The van der Waals surface area contributed by atoms with E-state index in [0.29, 0.717) is 10.3 Å². The number of anilines is 1. The number of nitrogens with one attached hydrogen (secondary N) is 1. The lowest BCUT2D eigenvalue weighted by Crippen LogP contribution is -2.22. The third-order valence-corrected chi connectivity index (χ3v) is 2.49. The number of halogens is 2. The molecule has 1 heterocycles. The standard InChI is InChI=1S/C9H14Cl2N4/c1-12-4-3-5-15(2)7-6-8(10)13-14-9(7)11/h6,12H,3-5H2,1-2H3. The summed E-state index contributed by atoms with van der Waals surface area (Å²) in [7, 11) is 3.88. The normalized spacial score (nSPS) is 10.4. The Morgan fingerprint density at radius 1 is 1.40 bits per heavy atom. The van der Waals surface area contributed by atoms with E-state index in [4.69, 9.17) is 23.2 Å². The summed E-state index contributed by atoms with van der Waals surface area (Å²) in [5.41, 5.74) is 0.813. The molecule has 0 aromatic carbocycles. The van der Waals surface area contributed by atoms with Gasteiger partial charge in [-0.2, -0.15) is 0 Å². The van der Waals surface area contributed by atoms with Gasteiger partial charge in [-0.15, -0.1) is 10.2 Å². The molecule has 0 aliphatic rings. The Morgan fingerprint density at radius 2 is 2.13 bits per heavy atom. The molecule has 1 N–H and O–H groups in total. The van der Waals surface area contributed by atoms with Gasteiger partial charge in [0.05, 0.1) is 5.69 Å². The van der Waals surface area contributed by atoms with Gasteiger partial charge >= 0.3 is 0 Å². The van der Waals surface area contributed by atoms with E-state index in [0.717, 1.165) is 25.2 Å². The van der Waals surface area contributed by atoms with Crippen molar-refractivity contribution in [1.29, 1.82) is 0 Å². The summed E-state index contributed by atoms with van der Waals surface area (Å²) in [6.07, 6.45) is 1.03. The summed E-state index contributed by atoms with van der Waals surface area (Å²) in [6.45, 7) is 1.86. The van der Waals surface area contributed by atoms with Crippen LogP contribution in [0.25, 0.3) is 0 Å². The van der Waals surface area contributed by atoms with Crippen LogP contribution in [0.5, 0.6) is 0 Å². The lowest BCUT2D eigenvalue weighted by Gasteiger charge is -2.19. The van der Waals surface area contributed by atoms with E-state index in [9.17, 15) is 0 Å². The first kappa shape index (κ1) is 12.5. The van der Waals surface area contributed by atoms with Crippen molar-refractivity contribution in [3.8, 4) is 0 Å². The summed E-state index contributed by atoms with van der Waals surface area (Å²) < 4.78 is 0. The monoisotopic (exact) mass is 248 g/mol. The minimum absolute atomic E-state index is 0.356. The maximum Gasteiger partial charge on any atom is 0.175 e. The van der Waals surface area contributed by atoms with Crippen molar-refractivity contribution in [2.75, 3.05) is 32.1 Å². The van der Waals surface area contributed by atoms with Crippen molar-refractivity contribution in [1.82, 2.24) is 15.5 Å². The molecule has 0 amide bonds. The predicted molar refractivity (Wildman–Crippen MR) is 63.9 cm³/mol. The molecule has 1 aromatic rings. The van der Waals surface area contributed by atoms with Crippen LogP contribution in [-0.4, -0.2) is 37.4 Å². The lowest BCUT2D eigenvalue weighted by atomic mass is 10.3. The summed E-state index contributed by atoms with van der Waals surface area (Å²) >= 11 is 11.7. The number of rotatable bonds is 5. The average molecular weight is 249 g/mol. The van der Waals surface area contributed by atoms with Gasteiger partial charge in [0.15, 0.2) is 10.3 Å². The molecule has 84 valence electrons. The Bertz CT molecular complexity index is 319. The molecule has 6 heteroatoms. The Hall–Kier alpha value is -0.580. The third kappa shape index (κ3) is 3.81. The summed E-state index contributed by atoms with van der Waals surface area (Å²) in [4.78, 5) is 2.01. The maximum atomic E-state index is 5.91. The van der Waals surface area contributed by atoms with Crippen LogP contribution in [0.3, 0.4) is 0 Å². The van der Waals surface area contributed by atoms with Crippen LogP contribution < -0.4 is 10.2 Å². The molecule has 0 spiro atoms. The summed E-state index contributed by atoms with van der Waals surface area (Å²) in [5, 5.41) is 11.2. The second kappa shape index (κ2) is 6.10. The van der Waals surface area contributed by atoms with Gasteiger partial charge in [-0.3, -0.25) is 0 Å². The van der Waals surface area contributed by atoms with Gasteiger partial charge in [-0.1, -0.05) is 23.2 Å². The van der Waals surface area contributed by atoms with Crippen molar-refractivity contribution in [3.05, 3.63) is 16.4 Å². The largest absolute Gasteiger partial charge is 0.372 e. The van der Waals surface area contributed by atoms with E-state index >= 15 is 0 Å². The molecule has 0 unspecified atom stereocenters. The van der Waals surface area contributed by atoms with Gasteiger partial charge in [0.1, 0.15) is 0 Å². The molecule has 1 rings (SSSR count). The van der Waals surface area contributed by atoms with Gasteiger partial charge in [0, 0.05) is 19.7 Å². The van der Waals surface area contributed by atoms with E-state index in [1.54, 1.807) is 6.07 Å². The number of nitrogens with zero attached hydrogens (tertiary/aromatic N) is 3. The third-order valence-electron chi connectivity index (χ3n) is 2.03. The molecule has 0 fully saturated rings. The summed E-state index contributed by atoms with van der Waals surface area (Å²) in [5.74, 6) is 0. The molecule has 0 saturated heterocycles. The SMILES string of the molecule is CNCCCN(C)c1cc(Cl)nnc1Cl.